The maximum atomic E-state index is 11.7. The van der Waals surface area contributed by atoms with Crippen LogP contribution in [0.25, 0.3) is 0 Å². The lowest BCUT2D eigenvalue weighted by atomic mass is 10.1. The Morgan fingerprint density at radius 3 is 2.68 bits per heavy atom. The van der Waals surface area contributed by atoms with Crippen LogP contribution in [0, 0.1) is 0 Å². The number of amides is 2. The molecule has 0 unspecified atom stereocenters. The minimum Gasteiger partial charge on any atom is -0.444 e. The fourth-order valence-electron chi connectivity index (χ4n) is 1.69. The molecule has 0 aromatic carbocycles. The fraction of sp³-hybridized carbons (Fsp3) is 0.562. The average Bonchev–Trinajstić information content (AvgIpc) is 2.44. The van der Waals surface area contributed by atoms with Gasteiger partial charge in [-0.25, -0.2) is 4.79 Å². The number of carbonyl (C=O) groups is 2. The monoisotopic (exact) mass is 307 g/mol. The van der Waals surface area contributed by atoms with Gasteiger partial charge in [-0.3, -0.25) is 9.78 Å². The van der Waals surface area contributed by atoms with Crippen molar-refractivity contribution >= 4 is 12.0 Å². The molecule has 0 saturated carbocycles. The molecular weight excluding hydrogens is 282 g/mol. The first kappa shape index (κ1) is 17.9. The molecular formula is C16H25N3O3. The molecule has 0 aliphatic carbocycles. The van der Waals surface area contributed by atoms with E-state index in [4.69, 9.17) is 4.74 Å². The van der Waals surface area contributed by atoms with E-state index in [2.05, 4.69) is 10.3 Å². The summed E-state index contributed by atoms with van der Waals surface area (Å²) in [5.74, 6) is -0.0403. The number of likely N-dealkylation sites (N-methyl/N-ethyl adjacent to an activating group) is 1. The second kappa shape index (κ2) is 8.36. The van der Waals surface area contributed by atoms with Crippen molar-refractivity contribution in [1.29, 1.82) is 0 Å². The second-order valence-electron chi connectivity index (χ2n) is 6.11. The molecule has 0 aliphatic heterocycles. The molecule has 122 valence electrons. The van der Waals surface area contributed by atoms with Gasteiger partial charge in [-0.2, -0.15) is 0 Å². The molecule has 0 fully saturated rings. The second-order valence-corrected chi connectivity index (χ2v) is 6.11. The van der Waals surface area contributed by atoms with Gasteiger partial charge in [0.1, 0.15) is 5.60 Å². The summed E-state index contributed by atoms with van der Waals surface area (Å²) in [6.45, 7) is 6.27. The summed E-state index contributed by atoms with van der Waals surface area (Å²) < 4.78 is 5.23. The van der Waals surface area contributed by atoms with Gasteiger partial charge in [-0.1, -0.05) is 6.07 Å². The summed E-state index contributed by atoms with van der Waals surface area (Å²) in [6.07, 6.45) is 4.13. The zero-order valence-electron chi connectivity index (χ0n) is 13.8. The number of carbonyl (C=O) groups excluding carboxylic acids is 2. The average molecular weight is 307 g/mol. The van der Waals surface area contributed by atoms with Crippen LogP contribution >= 0.6 is 0 Å². The molecule has 0 atom stereocenters. The number of hydrogen-bond acceptors (Lipinski definition) is 4. The van der Waals surface area contributed by atoms with Crippen LogP contribution in [-0.4, -0.2) is 47.6 Å². The molecule has 1 aromatic rings. The molecule has 0 saturated heterocycles. The van der Waals surface area contributed by atoms with Crippen LogP contribution in [-0.2, 0) is 16.0 Å². The molecule has 6 heteroatoms. The Morgan fingerprint density at radius 1 is 1.36 bits per heavy atom. The molecule has 0 bridgehead atoms. The van der Waals surface area contributed by atoms with Crippen LogP contribution in [0.15, 0.2) is 24.5 Å². The van der Waals surface area contributed by atoms with Gasteiger partial charge in [-0.15, -0.1) is 0 Å². The van der Waals surface area contributed by atoms with E-state index in [0.29, 0.717) is 25.9 Å². The van der Waals surface area contributed by atoms with Gasteiger partial charge in [-0.05, 0) is 38.8 Å². The largest absolute Gasteiger partial charge is 0.444 e. The summed E-state index contributed by atoms with van der Waals surface area (Å²) in [5, 5.41) is 2.79. The van der Waals surface area contributed by atoms with Crippen LogP contribution in [0.4, 0.5) is 4.79 Å². The van der Waals surface area contributed by atoms with Crippen molar-refractivity contribution in [2.45, 2.75) is 39.2 Å². The van der Waals surface area contributed by atoms with Gasteiger partial charge in [0, 0.05) is 39.0 Å². The predicted octanol–water partition coefficient (Wildman–Crippen LogP) is 2.00. The Kier molecular flexibility index (Phi) is 6.82. The lowest BCUT2D eigenvalue weighted by Gasteiger charge is -2.24. The number of ether oxygens (including phenoxy) is 1. The zero-order chi connectivity index (χ0) is 16.6. The van der Waals surface area contributed by atoms with Crippen molar-refractivity contribution in [3.8, 4) is 0 Å². The summed E-state index contributed by atoms with van der Waals surface area (Å²) in [4.78, 5) is 28.9. The van der Waals surface area contributed by atoms with Gasteiger partial charge in [0.15, 0.2) is 0 Å². The van der Waals surface area contributed by atoms with Crippen molar-refractivity contribution in [2.24, 2.45) is 0 Å². The number of aromatic nitrogens is 1. The Morgan fingerprint density at radius 2 is 2.09 bits per heavy atom. The SMILES string of the molecule is CN(CCNC(=O)CCc1cccnc1)C(=O)OC(C)(C)C. The molecule has 1 rings (SSSR count). The highest BCUT2D eigenvalue weighted by Crippen LogP contribution is 2.08. The Bertz CT molecular complexity index is 483. The maximum absolute atomic E-state index is 11.7. The van der Waals surface area contributed by atoms with Crippen LogP contribution < -0.4 is 5.32 Å². The molecule has 6 nitrogen and oxygen atoms in total. The molecule has 2 amide bonds. The third-order valence-corrected chi connectivity index (χ3v) is 2.84. The lowest BCUT2D eigenvalue weighted by Crippen LogP contribution is -2.39. The van der Waals surface area contributed by atoms with Crippen molar-refractivity contribution in [3.05, 3.63) is 30.1 Å². The van der Waals surface area contributed by atoms with Crippen molar-refractivity contribution < 1.29 is 14.3 Å². The summed E-state index contributed by atoms with van der Waals surface area (Å²) >= 11 is 0. The first-order valence-corrected chi connectivity index (χ1v) is 7.37. The number of pyridine rings is 1. The third kappa shape index (κ3) is 7.61. The van der Waals surface area contributed by atoms with E-state index >= 15 is 0 Å². The van der Waals surface area contributed by atoms with Crippen molar-refractivity contribution in [2.75, 3.05) is 20.1 Å². The summed E-state index contributed by atoms with van der Waals surface area (Å²) in [6, 6.07) is 3.79. The molecule has 22 heavy (non-hydrogen) atoms. The first-order valence-electron chi connectivity index (χ1n) is 7.37. The molecule has 1 N–H and O–H groups in total. The minimum absolute atomic E-state index is 0.0403. The smallest absolute Gasteiger partial charge is 0.410 e. The number of hydrogen-bond donors (Lipinski definition) is 1. The van der Waals surface area contributed by atoms with Crippen molar-refractivity contribution in [1.82, 2.24) is 15.2 Å². The molecule has 1 aromatic heterocycles. The Balaban J connectivity index is 2.20. The van der Waals surface area contributed by atoms with Gasteiger partial charge in [0.05, 0.1) is 0 Å². The highest BCUT2D eigenvalue weighted by atomic mass is 16.6. The highest BCUT2D eigenvalue weighted by molar-refractivity contribution is 5.76. The van der Waals surface area contributed by atoms with E-state index in [1.807, 2.05) is 32.9 Å². The van der Waals surface area contributed by atoms with Gasteiger partial charge < -0.3 is 15.0 Å². The standard InChI is InChI=1S/C16H25N3O3/c1-16(2,3)22-15(21)19(4)11-10-18-14(20)8-7-13-6-5-9-17-12-13/h5-6,9,12H,7-8,10-11H2,1-4H3,(H,18,20). The van der Waals surface area contributed by atoms with Crippen LogP contribution in [0.2, 0.25) is 0 Å². The molecule has 1 heterocycles. The first-order chi connectivity index (χ1) is 10.3. The van der Waals surface area contributed by atoms with Gasteiger partial charge >= 0.3 is 6.09 Å². The topological polar surface area (TPSA) is 71.5 Å². The van der Waals surface area contributed by atoms with Gasteiger partial charge in [0.2, 0.25) is 5.91 Å². The number of aryl methyl sites for hydroxylation is 1. The van der Waals surface area contributed by atoms with Crippen molar-refractivity contribution in [3.63, 3.8) is 0 Å². The Hall–Kier alpha value is -2.11. The zero-order valence-corrected chi connectivity index (χ0v) is 13.8. The lowest BCUT2D eigenvalue weighted by molar-refractivity contribution is -0.121. The maximum Gasteiger partial charge on any atom is 0.410 e. The summed E-state index contributed by atoms with van der Waals surface area (Å²) in [7, 11) is 1.65. The van der Waals surface area contributed by atoms with E-state index in [1.54, 1.807) is 19.4 Å². The summed E-state index contributed by atoms with van der Waals surface area (Å²) in [5.41, 5.74) is 0.515. The Labute approximate surface area is 131 Å². The molecule has 0 aliphatic rings. The van der Waals surface area contributed by atoms with Crippen LogP contribution in [0.5, 0.6) is 0 Å². The normalized spacial score (nSPS) is 10.9. The number of rotatable bonds is 6. The molecule has 0 radical (unpaired) electrons. The quantitative estimate of drug-likeness (QED) is 0.872. The highest BCUT2D eigenvalue weighted by Gasteiger charge is 2.19. The molecule has 0 spiro atoms. The van der Waals surface area contributed by atoms with E-state index in [0.717, 1.165) is 5.56 Å². The van der Waals surface area contributed by atoms with E-state index < -0.39 is 11.7 Å². The number of nitrogens with zero attached hydrogens (tertiary/aromatic N) is 2. The fourth-order valence-corrected chi connectivity index (χ4v) is 1.69. The van der Waals surface area contributed by atoms with E-state index in [9.17, 15) is 9.59 Å². The van der Waals surface area contributed by atoms with Crippen LogP contribution in [0.3, 0.4) is 0 Å². The van der Waals surface area contributed by atoms with Gasteiger partial charge in [0.25, 0.3) is 0 Å². The minimum atomic E-state index is -0.516. The number of nitrogens with one attached hydrogen (secondary N) is 1. The van der Waals surface area contributed by atoms with E-state index in [1.165, 1.54) is 4.90 Å². The third-order valence-electron chi connectivity index (χ3n) is 2.84. The predicted molar refractivity (Wildman–Crippen MR) is 84.4 cm³/mol. The van der Waals surface area contributed by atoms with E-state index in [-0.39, 0.29) is 5.91 Å². The van der Waals surface area contributed by atoms with Crippen LogP contribution in [0.1, 0.15) is 32.8 Å².